The van der Waals surface area contributed by atoms with Crippen LogP contribution >= 0.6 is 46.4 Å². The summed E-state index contributed by atoms with van der Waals surface area (Å²) in [6.45, 7) is 3.34. The van der Waals surface area contributed by atoms with Crippen molar-refractivity contribution in [2.45, 2.75) is 46.0 Å². The Balaban J connectivity index is 5.36. The van der Waals surface area contributed by atoms with Gasteiger partial charge in [0.2, 0.25) is 21.0 Å². The number of hydrogen-bond donors (Lipinski definition) is 0. The number of hydrogen-bond acceptors (Lipinski definition) is 4. The van der Waals surface area contributed by atoms with E-state index in [-0.39, 0.29) is 54.4 Å². The molecule has 0 rings (SSSR count). The lowest BCUT2D eigenvalue weighted by Crippen LogP contribution is -2.07. The van der Waals surface area contributed by atoms with E-state index in [1.54, 1.807) is 13.8 Å². The zero-order chi connectivity index (χ0) is 18.2. The molecule has 0 atom stereocenters. The van der Waals surface area contributed by atoms with E-state index in [9.17, 15) is 19.2 Å². The Morgan fingerprint density at radius 1 is 0.565 bits per heavy atom. The molecule has 0 bridgehead atoms. The Morgan fingerprint density at radius 2 is 0.826 bits per heavy atom. The van der Waals surface area contributed by atoms with Crippen LogP contribution in [-0.2, 0) is 19.2 Å². The van der Waals surface area contributed by atoms with Crippen molar-refractivity contribution in [1.82, 2.24) is 0 Å². The van der Waals surface area contributed by atoms with Gasteiger partial charge in [-0.25, -0.2) is 0 Å². The molecule has 23 heavy (non-hydrogen) atoms. The summed E-state index contributed by atoms with van der Waals surface area (Å²) in [5.41, 5.74) is 0.480. The molecule has 0 N–H and O–H groups in total. The molecule has 0 unspecified atom stereocenters. The maximum atomic E-state index is 11.5. The number of carbonyl (C=O) groups excluding carboxylic acids is 4. The fourth-order valence-electron chi connectivity index (χ4n) is 2.12. The van der Waals surface area contributed by atoms with Crippen LogP contribution in [0.15, 0.2) is 22.3 Å². The molecule has 0 saturated carbocycles. The molecule has 0 saturated heterocycles. The Bertz CT molecular complexity index is 526. The fourth-order valence-corrected chi connectivity index (χ4v) is 3.03. The Kier molecular flexibility index (Phi) is 10.7. The summed E-state index contributed by atoms with van der Waals surface area (Å²) in [7, 11) is 0. The summed E-state index contributed by atoms with van der Waals surface area (Å²) in [5, 5.41) is -3.04. The van der Waals surface area contributed by atoms with Crippen LogP contribution in [-0.4, -0.2) is 21.0 Å². The summed E-state index contributed by atoms with van der Waals surface area (Å²) in [6, 6.07) is 0. The molecular formula is C15H16Cl4O4. The first kappa shape index (κ1) is 22.3. The normalized spacial score (nSPS) is 13.1. The first-order valence-electron chi connectivity index (χ1n) is 6.90. The Hall–Kier alpha value is -0.680. The summed E-state index contributed by atoms with van der Waals surface area (Å²) in [5.74, 6) is 0. The van der Waals surface area contributed by atoms with Crippen LogP contribution in [0.3, 0.4) is 0 Å². The lowest BCUT2D eigenvalue weighted by Gasteiger charge is -2.10. The number of rotatable bonds is 10. The number of carbonyl (C=O) groups is 4. The van der Waals surface area contributed by atoms with Gasteiger partial charge in [-0.15, -0.1) is 0 Å². The maximum Gasteiger partial charge on any atom is 0.248 e. The third kappa shape index (κ3) is 7.17. The predicted molar refractivity (Wildman–Crippen MR) is 91.9 cm³/mol. The van der Waals surface area contributed by atoms with Gasteiger partial charge in [0.05, 0.1) is 0 Å². The van der Waals surface area contributed by atoms with Crippen molar-refractivity contribution in [2.24, 2.45) is 0 Å². The van der Waals surface area contributed by atoms with Gasteiger partial charge in [-0.3, -0.25) is 19.2 Å². The lowest BCUT2D eigenvalue weighted by molar-refractivity contribution is -0.111. The summed E-state index contributed by atoms with van der Waals surface area (Å²) in [4.78, 5) is 45.6. The van der Waals surface area contributed by atoms with E-state index >= 15 is 0 Å². The van der Waals surface area contributed by atoms with Crippen molar-refractivity contribution in [1.29, 1.82) is 0 Å². The molecule has 0 aliphatic heterocycles. The molecule has 0 radical (unpaired) electrons. The van der Waals surface area contributed by atoms with Gasteiger partial charge in [-0.1, -0.05) is 13.8 Å². The summed E-state index contributed by atoms with van der Waals surface area (Å²) in [6.07, 6.45) is 1.06. The van der Waals surface area contributed by atoms with Crippen LogP contribution in [0, 0.1) is 0 Å². The van der Waals surface area contributed by atoms with E-state index in [1.165, 1.54) is 0 Å². The van der Waals surface area contributed by atoms with E-state index in [2.05, 4.69) is 0 Å². The zero-order valence-electron chi connectivity index (χ0n) is 12.7. The highest BCUT2D eigenvalue weighted by atomic mass is 35.5. The third-order valence-electron chi connectivity index (χ3n) is 3.24. The van der Waals surface area contributed by atoms with Crippen LogP contribution < -0.4 is 0 Å². The van der Waals surface area contributed by atoms with E-state index in [4.69, 9.17) is 46.4 Å². The molecule has 0 aliphatic carbocycles. The van der Waals surface area contributed by atoms with Crippen LogP contribution in [0.2, 0.25) is 0 Å². The van der Waals surface area contributed by atoms with Gasteiger partial charge in [0.1, 0.15) is 0 Å². The minimum absolute atomic E-state index is 0.103. The Morgan fingerprint density at radius 3 is 1.00 bits per heavy atom. The molecular weight excluding hydrogens is 386 g/mol. The fraction of sp³-hybridized carbons (Fsp3) is 0.467. The van der Waals surface area contributed by atoms with Gasteiger partial charge in [-0.2, -0.15) is 0 Å². The second kappa shape index (κ2) is 11.0. The molecule has 8 heteroatoms. The van der Waals surface area contributed by atoms with Crippen molar-refractivity contribution >= 4 is 67.4 Å². The van der Waals surface area contributed by atoms with Gasteiger partial charge in [-0.05, 0) is 78.5 Å². The molecule has 0 aromatic rings. The second-order valence-electron chi connectivity index (χ2n) is 4.57. The molecule has 0 aromatic heterocycles. The number of halogens is 4. The van der Waals surface area contributed by atoms with E-state index in [1.807, 2.05) is 0 Å². The maximum absolute atomic E-state index is 11.5. The molecule has 0 aromatic carbocycles. The van der Waals surface area contributed by atoms with Gasteiger partial charge >= 0.3 is 0 Å². The number of allylic oxidation sites excluding steroid dienone is 4. The zero-order valence-corrected chi connectivity index (χ0v) is 15.7. The van der Waals surface area contributed by atoms with Gasteiger partial charge in [0, 0.05) is 22.3 Å². The van der Waals surface area contributed by atoms with Crippen molar-refractivity contribution in [2.75, 3.05) is 0 Å². The summed E-state index contributed by atoms with van der Waals surface area (Å²) < 4.78 is 0. The van der Waals surface area contributed by atoms with E-state index < -0.39 is 21.0 Å². The Labute approximate surface area is 154 Å². The van der Waals surface area contributed by atoms with Crippen molar-refractivity contribution in [3.63, 3.8) is 0 Å². The molecule has 0 heterocycles. The van der Waals surface area contributed by atoms with E-state index in [0.717, 1.165) is 0 Å². The van der Waals surface area contributed by atoms with Gasteiger partial charge in [0.25, 0.3) is 0 Å². The highest BCUT2D eigenvalue weighted by molar-refractivity contribution is 6.72. The predicted octanol–water partition coefficient (Wildman–Crippen LogP) is 4.63. The first-order valence-corrected chi connectivity index (χ1v) is 8.41. The SMILES string of the molecule is CCC(C(=O)Cl)=C(CCCC(C(=O)Cl)=C(CC)C(=O)Cl)C(=O)Cl. The molecule has 0 amide bonds. The molecule has 4 nitrogen and oxygen atoms in total. The highest BCUT2D eigenvalue weighted by Crippen LogP contribution is 2.25. The minimum atomic E-state index is -0.775. The van der Waals surface area contributed by atoms with Crippen LogP contribution in [0.4, 0.5) is 0 Å². The van der Waals surface area contributed by atoms with Crippen LogP contribution in [0.25, 0.3) is 0 Å². The smallest absolute Gasteiger partial charge is 0.248 e. The lowest BCUT2D eigenvalue weighted by atomic mass is 9.97. The highest BCUT2D eigenvalue weighted by Gasteiger charge is 2.20. The topological polar surface area (TPSA) is 68.3 Å². The largest absolute Gasteiger partial charge is 0.276 e. The van der Waals surface area contributed by atoms with Crippen molar-refractivity contribution in [3.05, 3.63) is 22.3 Å². The average molecular weight is 402 g/mol. The molecule has 0 fully saturated rings. The monoisotopic (exact) mass is 400 g/mol. The van der Waals surface area contributed by atoms with Crippen LogP contribution in [0.5, 0.6) is 0 Å². The quantitative estimate of drug-likeness (QED) is 0.395. The standard InChI is InChI=1S/C15H16Cl4O4/c1-3-8(12(16)20)10(14(18)22)6-5-7-11(15(19)23)9(4-2)13(17)21/h3-7H2,1-2H3. The first-order chi connectivity index (χ1) is 10.7. The molecule has 0 spiro atoms. The average Bonchev–Trinajstić information content (AvgIpc) is 2.43. The third-order valence-corrected chi connectivity index (χ3v) is 4.15. The summed E-state index contributed by atoms with van der Waals surface area (Å²) >= 11 is 21.9. The van der Waals surface area contributed by atoms with Crippen molar-refractivity contribution < 1.29 is 19.2 Å². The van der Waals surface area contributed by atoms with E-state index in [0.29, 0.717) is 0 Å². The molecule has 0 aliphatic rings. The van der Waals surface area contributed by atoms with Gasteiger partial charge in [0.15, 0.2) is 0 Å². The molecule has 128 valence electrons. The van der Waals surface area contributed by atoms with Crippen molar-refractivity contribution in [3.8, 4) is 0 Å². The minimum Gasteiger partial charge on any atom is -0.276 e. The van der Waals surface area contributed by atoms with Crippen LogP contribution in [0.1, 0.15) is 46.0 Å². The second-order valence-corrected chi connectivity index (χ2v) is 5.94. The van der Waals surface area contributed by atoms with Gasteiger partial charge < -0.3 is 0 Å².